The molecule has 152 valence electrons. The molecular formula is C22H23FN2O3S. The summed E-state index contributed by atoms with van der Waals surface area (Å²) in [5.74, 6) is 0.850. The van der Waals surface area contributed by atoms with Gasteiger partial charge in [-0.3, -0.25) is 4.79 Å². The van der Waals surface area contributed by atoms with E-state index in [2.05, 4.69) is 10.3 Å². The molecule has 0 saturated heterocycles. The van der Waals surface area contributed by atoms with Crippen molar-refractivity contribution in [1.82, 2.24) is 10.3 Å². The molecule has 0 bridgehead atoms. The number of benzene rings is 2. The maximum atomic E-state index is 12.8. The van der Waals surface area contributed by atoms with Crippen LogP contribution in [0.1, 0.15) is 33.9 Å². The molecule has 0 unspecified atom stereocenters. The minimum Gasteiger partial charge on any atom is -0.494 e. The lowest BCUT2D eigenvalue weighted by atomic mass is 10.2. The third kappa shape index (κ3) is 6.87. The quantitative estimate of drug-likeness (QED) is 0.486. The summed E-state index contributed by atoms with van der Waals surface area (Å²) in [7, 11) is 0. The van der Waals surface area contributed by atoms with Crippen LogP contribution in [0.15, 0.2) is 53.9 Å². The fourth-order valence-corrected chi connectivity index (χ4v) is 3.21. The summed E-state index contributed by atoms with van der Waals surface area (Å²) in [6.45, 7) is 3.40. The predicted molar refractivity (Wildman–Crippen MR) is 111 cm³/mol. The number of aryl methyl sites for hydroxylation is 1. The van der Waals surface area contributed by atoms with Gasteiger partial charge in [-0.15, -0.1) is 11.3 Å². The van der Waals surface area contributed by atoms with Gasteiger partial charge in [0.05, 0.1) is 17.3 Å². The van der Waals surface area contributed by atoms with Crippen molar-refractivity contribution in [3.05, 3.63) is 76.0 Å². The summed E-state index contributed by atoms with van der Waals surface area (Å²) in [5, 5.41) is 5.86. The molecule has 3 aromatic rings. The molecule has 0 saturated carbocycles. The van der Waals surface area contributed by atoms with Crippen LogP contribution in [0.5, 0.6) is 11.5 Å². The van der Waals surface area contributed by atoms with Crippen molar-refractivity contribution in [1.29, 1.82) is 0 Å². The highest BCUT2D eigenvalue weighted by Gasteiger charge is 2.07. The average molecular weight is 415 g/mol. The van der Waals surface area contributed by atoms with Gasteiger partial charge in [0.25, 0.3) is 5.91 Å². The first kappa shape index (κ1) is 20.8. The monoisotopic (exact) mass is 414 g/mol. The number of hydrogen-bond donors (Lipinski definition) is 1. The zero-order chi connectivity index (χ0) is 20.5. The lowest BCUT2D eigenvalue weighted by Crippen LogP contribution is -2.24. The van der Waals surface area contributed by atoms with Crippen LogP contribution in [0, 0.1) is 12.7 Å². The molecule has 0 aliphatic heterocycles. The lowest BCUT2D eigenvalue weighted by molar-refractivity contribution is 0.0952. The van der Waals surface area contributed by atoms with Gasteiger partial charge in [-0.25, -0.2) is 9.37 Å². The Bertz CT molecular complexity index is 928. The van der Waals surface area contributed by atoms with Crippen molar-refractivity contribution in [3.8, 4) is 11.5 Å². The Balaban J connectivity index is 1.36. The molecule has 2 aromatic carbocycles. The van der Waals surface area contributed by atoms with Gasteiger partial charge in [0, 0.05) is 17.5 Å². The molecule has 1 heterocycles. The molecule has 0 atom stereocenters. The smallest absolute Gasteiger partial charge is 0.251 e. The average Bonchev–Trinajstić information content (AvgIpc) is 3.15. The Hall–Kier alpha value is -2.93. The summed E-state index contributed by atoms with van der Waals surface area (Å²) < 4.78 is 24.1. The Morgan fingerprint density at radius 3 is 2.69 bits per heavy atom. The van der Waals surface area contributed by atoms with Gasteiger partial charge in [-0.05, 0) is 62.2 Å². The van der Waals surface area contributed by atoms with Crippen LogP contribution in [0.2, 0.25) is 0 Å². The van der Waals surface area contributed by atoms with Crippen LogP contribution < -0.4 is 14.8 Å². The Morgan fingerprint density at radius 2 is 1.93 bits per heavy atom. The second-order valence-electron chi connectivity index (χ2n) is 6.44. The largest absolute Gasteiger partial charge is 0.494 e. The van der Waals surface area contributed by atoms with Gasteiger partial charge in [0.1, 0.15) is 23.9 Å². The molecule has 3 rings (SSSR count). The number of nitrogens with one attached hydrogen (secondary N) is 1. The number of carbonyl (C=O) groups excluding carboxylic acids is 1. The molecule has 0 fully saturated rings. The minimum absolute atomic E-state index is 0.139. The molecule has 0 aliphatic carbocycles. The van der Waals surface area contributed by atoms with Crippen LogP contribution in [-0.2, 0) is 6.61 Å². The maximum absolute atomic E-state index is 12.8. The van der Waals surface area contributed by atoms with Gasteiger partial charge in [-0.2, -0.15) is 0 Å². The van der Waals surface area contributed by atoms with Crippen molar-refractivity contribution < 1.29 is 18.7 Å². The van der Waals surface area contributed by atoms with E-state index in [4.69, 9.17) is 9.47 Å². The zero-order valence-corrected chi connectivity index (χ0v) is 17.0. The fourth-order valence-electron chi connectivity index (χ4n) is 2.61. The van der Waals surface area contributed by atoms with Gasteiger partial charge in [0.2, 0.25) is 0 Å². The van der Waals surface area contributed by atoms with Crippen molar-refractivity contribution in [2.24, 2.45) is 0 Å². The highest BCUT2D eigenvalue weighted by atomic mass is 32.1. The van der Waals surface area contributed by atoms with Crippen LogP contribution >= 0.6 is 11.3 Å². The number of halogens is 1. The first-order valence-corrected chi connectivity index (χ1v) is 10.3. The van der Waals surface area contributed by atoms with Crippen molar-refractivity contribution in [2.45, 2.75) is 26.4 Å². The Labute approximate surface area is 173 Å². The standard InChI is InChI=1S/C22H23FN2O3S/c1-16-25-19(15-29-16)14-28-21-6-4-5-17(13-21)22(26)24-11-2-3-12-27-20-9-7-18(23)8-10-20/h4-10,13,15H,2-3,11-12,14H2,1H3,(H,24,26). The van der Waals surface area contributed by atoms with E-state index in [9.17, 15) is 9.18 Å². The van der Waals surface area contributed by atoms with Gasteiger partial charge in [-0.1, -0.05) is 6.07 Å². The van der Waals surface area contributed by atoms with Crippen molar-refractivity contribution >= 4 is 17.2 Å². The molecule has 5 nitrogen and oxygen atoms in total. The molecule has 1 amide bonds. The number of rotatable bonds is 10. The molecule has 1 N–H and O–H groups in total. The maximum Gasteiger partial charge on any atom is 0.251 e. The van der Waals surface area contributed by atoms with E-state index in [1.807, 2.05) is 18.4 Å². The molecule has 1 aromatic heterocycles. The van der Waals surface area contributed by atoms with Crippen LogP contribution in [0.25, 0.3) is 0 Å². The summed E-state index contributed by atoms with van der Waals surface area (Å²) in [6.07, 6.45) is 1.57. The van der Waals surface area contributed by atoms with Gasteiger partial charge in [0.15, 0.2) is 0 Å². The van der Waals surface area contributed by atoms with E-state index >= 15 is 0 Å². The first-order chi connectivity index (χ1) is 14.1. The summed E-state index contributed by atoms with van der Waals surface area (Å²) in [5.41, 5.74) is 1.43. The molecule has 0 spiro atoms. The Kier molecular flexibility index (Phi) is 7.58. The molecule has 0 radical (unpaired) electrons. The van der Waals surface area contributed by atoms with Crippen molar-refractivity contribution in [3.63, 3.8) is 0 Å². The number of aromatic nitrogens is 1. The summed E-state index contributed by atoms with van der Waals surface area (Å²) in [6, 6.07) is 13.0. The number of ether oxygens (including phenoxy) is 2. The highest BCUT2D eigenvalue weighted by Crippen LogP contribution is 2.16. The second kappa shape index (κ2) is 10.6. The van der Waals surface area contributed by atoms with Gasteiger partial charge < -0.3 is 14.8 Å². The molecular weight excluding hydrogens is 391 g/mol. The van der Waals surface area contributed by atoms with Gasteiger partial charge >= 0.3 is 0 Å². The van der Waals surface area contributed by atoms with Crippen LogP contribution in [0.3, 0.4) is 0 Å². The van der Waals surface area contributed by atoms with E-state index in [0.717, 1.165) is 23.5 Å². The third-order valence-electron chi connectivity index (χ3n) is 4.09. The van der Waals surface area contributed by atoms with E-state index in [1.165, 1.54) is 12.1 Å². The number of nitrogens with zero attached hydrogens (tertiary/aromatic N) is 1. The molecule has 7 heteroatoms. The number of amides is 1. The Morgan fingerprint density at radius 1 is 1.10 bits per heavy atom. The zero-order valence-electron chi connectivity index (χ0n) is 16.2. The van der Waals surface area contributed by atoms with Crippen LogP contribution in [-0.4, -0.2) is 24.0 Å². The number of unbranched alkanes of at least 4 members (excludes halogenated alkanes) is 1. The van der Waals surface area contributed by atoms with Crippen molar-refractivity contribution in [2.75, 3.05) is 13.2 Å². The van der Waals surface area contributed by atoms with Crippen LogP contribution in [0.4, 0.5) is 4.39 Å². The second-order valence-corrected chi connectivity index (χ2v) is 7.50. The molecule has 29 heavy (non-hydrogen) atoms. The van der Waals surface area contributed by atoms with E-state index < -0.39 is 0 Å². The molecule has 0 aliphatic rings. The van der Waals surface area contributed by atoms with E-state index in [1.54, 1.807) is 41.7 Å². The number of hydrogen-bond acceptors (Lipinski definition) is 5. The summed E-state index contributed by atoms with van der Waals surface area (Å²) >= 11 is 1.58. The van der Waals surface area contributed by atoms with E-state index in [-0.39, 0.29) is 11.7 Å². The highest BCUT2D eigenvalue weighted by molar-refractivity contribution is 7.09. The minimum atomic E-state index is -0.284. The third-order valence-corrected chi connectivity index (χ3v) is 4.91. The predicted octanol–water partition coefficient (Wildman–Crippen LogP) is 4.76. The first-order valence-electron chi connectivity index (χ1n) is 9.40. The number of thiazole rings is 1. The normalized spacial score (nSPS) is 10.6. The summed E-state index contributed by atoms with van der Waals surface area (Å²) in [4.78, 5) is 16.7. The number of carbonyl (C=O) groups is 1. The fraction of sp³-hybridized carbons (Fsp3) is 0.273. The van der Waals surface area contributed by atoms with E-state index in [0.29, 0.717) is 36.8 Å². The SMILES string of the molecule is Cc1nc(COc2cccc(C(=O)NCCCCOc3ccc(F)cc3)c2)cs1. The lowest BCUT2D eigenvalue weighted by Gasteiger charge is -2.09. The topological polar surface area (TPSA) is 60.5 Å².